The first-order chi connectivity index (χ1) is 12.6. The number of hydrogen-bond acceptors (Lipinski definition) is 8. The van der Waals surface area contributed by atoms with E-state index in [-0.39, 0.29) is 30.6 Å². The lowest BCUT2D eigenvalue weighted by Crippen LogP contribution is -2.08. The highest BCUT2D eigenvalue weighted by Crippen LogP contribution is 2.31. The summed E-state index contributed by atoms with van der Waals surface area (Å²) in [5.74, 6) is 0.398. The van der Waals surface area contributed by atoms with Gasteiger partial charge in [0.2, 0.25) is 5.01 Å². The lowest BCUT2D eigenvalue weighted by atomic mass is 10.1. The molecule has 1 heterocycles. The molecule has 0 N–H and O–H groups in total. The first-order valence-corrected chi connectivity index (χ1v) is 8.94. The van der Waals surface area contributed by atoms with Crippen molar-refractivity contribution in [3.8, 4) is 11.5 Å². The largest absolute Gasteiger partial charge is 0.493 e. The van der Waals surface area contributed by atoms with Gasteiger partial charge in [-0.2, -0.15) is 0 Å². The Balaban J connectivity index is 1.86. The molecule has 0 saturated carbocycles. The Morgan fingerprint density at radius 1 is 1.15 bits per heavy atom. The summed E-state index contributed by atoms with van der Waals surface area (Å²) in [4.78, 5) is 27.6. The Morgan fingerprint density at radius 2 is 1.96 bits per heavy atom. The Bertz CT molecular complexity index is 758. The van der Waals surface area contributed by atoms with Crippen LogP contribution in [0.3, 0.4) is 0 Å². The molecule has 0 spiro atoms. The van der Waals surface area contributed by atoms with Crippen molar-refractivity contribution in [3.05, 3.63) is 39.8 Å². The van der Waals surface area contributed by atoms with Crippen LogP contribution in [0.4, 0.5) is 0 Å². The number of rotatable bonds is 9. The van der Waals surface area contributed by atoms with Crippen LogP contribution in [0.25, 0.3) is 0 Å². The average Bonchev–Trinajstić information content (AvgIpc) is 3.13. The van der Waals surface area contributed by atoms with Crippen LogP contribution >= 0.6 is 11.3 Å². The minimum atomic E-state index is -0.472. The molecule has 0 atom stereocenters. The molecule has 0 aliphatic rings. The molecular formula is C18H21NO6S. The van der Waals surface area contributed by atoms with E-state index in [1.807, 2.05) is 12.1 Å². The Hall–Kier alpha value is -2.61. The molecule has 0 saturated heterocycles. The third kappa shape index (κ3) is 5.19. The maximum atomic E-state index is 12.0. The van der Waals surface area contributed by atoms with Gasteiger partial charge in [-0.05, 0) is 25.0 Å². The Morgan fingerprint density at radius 3 is 2.65 bits per heavy atom. The van der Waals surface area contributed by atoms with Crippen LogP contribution in [0, 0.1) is 0 Å². The molecule has 0 aliphatic carbocycles. The second kappa shape index (κ2) is 9.76. The van der Waals surface area contributed by atoms with Crippen LogP contribution in [-0.2, 0) is 27.3 Å². The summed E-state index contributed by atoms with van der Waals surface area (Å²) in [6.07, 6.45) is 0.656. The molecule has 1 aromatic heterocycles. The van der Waals surface area contributed by atoms with Gasteiger partial charge in [0.05, 0.1) is 26.5 Å². The van der Waals surface area contributed by atoms with Gasteiger partial charge in [-0.1, -0.05) is 12.1 Å². The first-order valence-electron chi connectivity index (χ1n) is 8.06. The third-order valence-corrected chi connectivity index (χ3v) is 4.34. The fourth-order valence-corrected chi connectivity index (χ4v) is 2.97. The standard InChI is InChI=1S/C18H21NO6S/c1-4-24-18(21)17-19-13(11-26-17)10-25-15(20)9-8-12-6-5-7-14(22-2)16(12)23-3/h5-7,11H,4,8-10H2,1-3H3. The number of ether oxygens (including phenoxy) is 4. The molecule has 0 fully saturated rings. The minimum absolute atomic E-state index is 0.0178. The van der Waals surface area contributed by atoms with Gasteiger partial charge in [0.1, 0.15) is 6.61 Å². The monoisotopic (exact) mass is 379 g/mol. The van der Waals surface area contributed by atoms with E-state index >= 15 is 0 Å². The summed E-state index contributed by atoms with van der Waals surface area (Å²) < 4.78 is 20.7. The van der Waals surface area contributed by atoms with Gasteiger partial charge in [0.25, 0.3) is 0 Å². The van der Waals surface area contributed by atoms with Crippen molar-refractivity contribution < 1.29 is 28.5 Å². The van der Waals surface area contributed by atoms with E-state index < -0.39 is 5.97 Å². The van der Waals surface area contributed by atoms with Crippen LogP contribution in [0.1, 0.15) is 34.4 Å². The molecule has 2 rings (SSSR count). The molecular weight excluding hydrogens is 358 g/mol. The maximum Gasteiger partial charge on any atom is 0.367 e. The van der Waals surface area contributed by atoms with Gasteiger partial charge >= 0.3 is 11.9 Å². The van der Waals surface area contributed by atoms with Crippen molar-refractivity contribution in [2.75, 3.05) is 20.8 Å². The molecule has 140 valence electrons. The second-order valence-electron chi connectivity index (χ2n) is 5.18. The highest BCUT2D eigenvalue weighted by atomic mass is 32.1. The summed E-state index contributed by atoms with van der Waals surface area (Å²) >= 11 is 1.16. The summed E-state index contributed by atoms with van der Waals surface area (Å²) in [6, 6.07) is 5.51. The molecule has 26 heavy (non-hydrogen) atoms. The quantitative estimate of drug-likeness (QED) is 0.619. The number of aryl methyl sites for hydroxylation is 1. The smallest absolute Gasteiger partial charge is 0.367 e. The zero-order valence-electron chi connectivity index (χ0n) is 14.9. The number of nitrogens with zero attached hydrogens (tertiary/aromatic N) is 1. The highest BCUT2D eigenvalue weighted by molar-refractivity contribution is 7.11. The Labute approximate surface area is 155 Å². The van der Waals surface area contributed by atoms with E-state index in [4.69, 9.17) is 18.9 Å². The van der Waals surface area contributed by atoms with Crippen LogP contribution in [0.2, 0.25) is 0 Å². The lowest BCUT2D eigenvalue weighted by molar-refractivity contribution is -0.145. The zero-order valence-corrected chi connectivity index (χ0v) is 15.8. The predicted molar refractivity (Wildman–Crippen MR) is 95.7 cm³/mol. The minimum Gasteiger partial charge on any atom is -0.493 e. The fourth-order valence-electron chi connectivity index (χ4n) is 2.27. The number of thiazole rings is 1. The zero-order chi connectivity index (χ0) is 18.9. The topological polar surface area (TPSA) is 84.0 Å². The van der Waals surface area contributed by atoms with Crippen molar-refractivity contribution >= 4 is 23.3 Å². The maximum absolute atomic E-state index is 12.0. The molecule has 7 nitrogen and oxygen atoms in total. The SMILES string of the molecule is CCOC(=O)c1nc(COC(=O)CCc2cccc(OC)c2OC)cs1. The number of esters is 2. The number of hydrogen-bond donors (Lipinski definition) is 0. The number of carbonyl (C=O) groups excluding carboxylic acids is 2. The molecule has 0 radical (unpaired) electrons. The molecule has 0 amide bonds. The molecule has 0 unspecified atom stereocenters. The lowest BCUT2D eigenvalue weighted by Gasteiger charge is -2.12. The van der Waals surface area contributed by atoms with Crippen molar-refractivity contribution in [3.63, 3.8) is 0 Å². The van der Waals surface area contributed by atoms with Crippen LogP contribution < -0.4 is 9.47 Å². The van der Waals surface area contributed by atoms with E-state index in [0.717, 1.165) is 16.9 Å². The molecule has 0 bridgehead atoms. The van der Waals surface area contributed by atoms with Gasteiger partial charge < -0.3 is 18.9 Å². The van der Waals surface area contributed by atoms with Crippen LogP contribution in [0.5, 0.6) is 11.5 Å². The van der Waals surface area contributed by atoms with E-state index in [0.29, 0.717) is 23.6 Å². The van der Waals surface area contributed by atoms with Gasteiger partial charge in [-0.15, -0.1) is 11.3 Å². The molecule has 0 aliphatic heterocycles. The highest BCUT2D eigenvalue weighted by Gasteiger charge is 2.14. The van der Waals surface area contributed by atoms with Crippen molar-refractivity contribution in [2.45, 2.75) is 26.4 Å². The number of carbonyl (C=O) groups is 2. The second-order valence-corrected chi connectivity index (χ2v) is 6.04. The summed E-state index contributed by atoms with van der Waals surface area (Å²) in [6.45, 7) is 2.03. The van der Waals surface area contributed by atoms with Crippen LogP contribution in [0.15, 0.2) is 23.6 Å². The fraction of sp³-hybridized carbons (Fsp3) is 0.389. The number of aromatic nitrogens is 1. The van der Waals surface area contributed by atoms with Gasteiger partial charge in [-0.25, -0.2) is 9.78 Å². The van der Waals surface area contributed by atoms with Gasteiger partial charge in [0.15, 0.2) is 11.5 Å². The van der Waals surface area contributed by atoms with Gasteiger partial charge in [0, 0.05) is 11.8 Å². The van der Waals surface area contributed by atoms with Gasteiger partial charge in [-0.3, -0.25) is 4.79 Å². The van der Waals surface area contributed by atoms with Crippen molar-refractivity contribution in [2.24, 2.45) is 0 Å². The normalized spacial score (nSPS) is 10.3. The molecule has 2 aromatic rings. The van der Waals surface area contributed by atoms with Crippen LogP contribution in [-0.4, -0.2) is 37.7 Å². The van der Waals surface area contributed by atoms with E-state index in [9.17, 15) is 9.59 Å². The van der Waals surface area contributed by atoms with Crippen molar-refractivity contribution in [1.82, 2.24) is 4.98 Å². The third-order valence-electron chi connectivity index (χ3n) is 3.47. The first kappa shape index (κ1) is 19.7. The summed E-state index contributed by atoms with van der Waals surface area (Å²) in [7, 11) is 3.12. The average molecular weight is 379 g/mol. The number of methoxy groups -OCH3 is 2. The summed E-state index contributed by atoms with van der Waals surface area (Å²) in [5.41, 5.74) is 1.38. The van der Waals surface area contributed by atoms with Crippen molar-refractivity contribution in [1.29, 1.82) is 0 Å². The van der Waals surface area contributed by atoms with E-state index in [2.05, 4.69) is 4.98 Å². The number of benzene rings is 1. The molecule has 1 aromatic carbocycles. The molecule has 8 heteroatoms. The van der Waals surface area contributed by atoms with E-state index in [1.165, 1.54) is 0 Å². The number of para-hydroxylation sites is 1. The van der Waals surface area contributed by atoms with E-state index in [1.54, 1.807) is 32.6 Å². The summed E-state index contributed by atoms with van der Waals surface area (Å²) in [5, 5.41) is 1.92. The Kier molecular flexibility index (Phi) is 7.40. The predicted octanol–water partition coefficient (Wildman–Crippen LogP) is 3.01.